The summed E-state index contributed by atoms with van der Waals surface area (Å²) in [7, 11) is 0. The predicted octanol–water partition coefficient (Wildman–Crippen LogP) is 2.14. The van der Waals surface area contributed by atoms with Crippen LogP contribution in [0.3, 0.4) is 0 Å². The van der Waals surface area contributed by atoms with Crippen molar-refractivity contribution in [1.82, 2.24) is 5.32 Å². The molecule has 0 fully saturated rings. The number of aryl methyl sites for hydroxylation is 1. The van der Waals surface area contributed by atoms with Crippen molar-refractivity contribution >= 4 is 11.9 Å². The van der Waals surface area contributed by atoms with E-state index in [9.17, 15) is 9.59 Å². The first-order chi connectivity index (χ1) is 9.09. The first-order valence-corrected chi connectivity index (χ1v) is 5.72. The van der Waals surface area contributed by atoms with Crippen molar-refractivity contribution in [3.05, 3.63) is 59.5 Å². The first-order valence-electron chi connectivity index (χ1n) is 5.72. The van der Waals surface area contributed by atoms with E-state index in [0.717, 1.165) is 5.56 Å². The summed E-state index contributed by atoms with van der Waals surface area (Å²) in [5, 5.41) is 11.6. The zero-order chi connectivity index (χ0) is 13.8. The van der Waals surface area contributed by atoms with Crippen molar-refractivity contribution in [2.75, 3.05) is 0 Å². The van der Waals surface area contributed by atoms with Crippen LogP contribution >= 0.6 is 0 Å². The Morgan fingerprint density at radius 2 is 1.95 bits per heavy atom. The van der Waals surface area contributed by atoms with Crippen molar-refractivity contribution in [2.24, 2.45) is 0 Å². The molecule has 0 saturated heterocycles. The molecule has 1 aromatic carbocycles. The van der Waals surface area contributed by atoms with E-state index >= 15 is 0 Å². The number of carbonyl (C=O) groups excluding carboxylic acids is 1. The second kappa shape index (κ2) is 5.39. The molecule has 0 aliphatic heterocycles. The van der Waals surface area contributed by atoms with E-state index in [1.807, 2.05) is 6.07 Å². The van der Waals surface area contributed by atoms with Crippen LogP contribution in [0.1, 0.15) is 27.7 Å². The van der Waals surface area contributed by atoms with Crippen molar-refractivity contribution in [2.45, 2.75) is 13.0 Å². The van der Waals surface area contributed by atoms with Crippen molar-refractivity contribution in [3.63, 3.8) is 0 Å². The minimum atomic E-state index is -1.19. The van der Waals surface area contributed by atoms with Crippen molar-refractivity contribution in [1.29, 1.82) is 0 Å². The molecule has 5 nitrogen and oxygen atoms in total. The molecule has 5 heteroatoms. The van der Waals surface area contributed by atoms with Gasteiger partial charge in [-0.1, -0.05) is 18.2 Å². The van der Waals surface area contributed by atoms with Crippen LogP contribution < -0.4 is 5.32 Å². The third-order valence-corrected chi connectivity index (χ3v) is 2.74. The number of aliphatic carboxylic acids is 1. The number of rotatable bonds is 4. The molecule has 0 aliphatic carbocycles. The van der Waals surface area contributed by atoms with Crippen LogP contribution in [0.15, 0.2) is 47.1 Å². The second-order valence-corrected chi connectivity index (χ2v) is 4.08. The molecule has 1 amide bonds. The standard InChI is InChI=1S/C14H13NO4/c1-9-5-2-3-6-10(9)13(16)15-12(14(17)18)11-7-4-8-19-11/h2-8,12H,1H3,(H,15,16)(H,17,18). The zero-order valence-electron chi connectivity index (χ0n) is 10.3. The molecule has 1 aromatic heterocycles. The summed E-state index contributed by atoms with van der Waals surface area (Å²) in [4.78, 5) is 23.2. The Bertz CT molecular complexity index is 589. The molecule has 1 atom stereocenters. The number of carbonyl (C=O) groups is 2. The van der Waals surface area contributed by atoms with Gasteiger partial charge in [0.25, 0.3) is 5.91 Å². The van der Waals surface area contributed by atoms with Gasteiger partial charge in [0.2, 0.25) is 0 Å². The fourth-order valence-electron chi connectivity index (χ4n) is 1.75. The lowest BCUT2D eigenvalue weighted by Gasteiger charge is -2.13. The van der Waals surface area contributed by atoms with E-state index < -0.39 is 17.9 Å². The molecule has 2 N–H and O–H groups in total. The van der Waals surface area contributed by atoms with Gasteiger partial charge in [-0.2, -0.15) is 0 Å². The monoisotopic (exact) mass is 259 g/mol. The maximum absolute atomic E-state index is 12.1. The Morgan fingerprint density at radius 3 is 2.53 bits per heavy atom. The van der Waals surface area contributed by atoms with Gasteiger partial charge in [0.15, 0.2) is 6.04 Å². The highest BCUT2D eigenvalue weighted by Gasteiger charge is 2.25. The predicted molar refractivity (Wildman–Crippen MR) is 67.7 cm³/mol. The van der Waals surface area contributed by atoms with E-state index in [1.54, 1.807) is 31.2 Å². The van der Waals surface area contributed by atoms with Crippen molar-refractivity contribution in [3.8, 4) is 0 Å². The molecule has 0 bridgehead atoms. The minimum Gasteiger partial charge on any atom is -0.479 e. The van der Waals surface area contributed by atoms with Gasteiger partial charge in [-0.05, 0) is 30.7 Å². The summed E-state index contributed by atoms with van der Waals surface area (Å²) >= 11 is 0. The van der Waals surface area contributed by atoms with Crippen LogP contribution in [-0.2, 0) is 4.79 Å². The number of carboxylic acids is 1. The molecule has 2 rings (SSSR count). The number of nitrogens with one attached hydrogen (secondary N) is 1. The summed E-state index contributed by atoms with van der Waals surface area (Å²) in [6, 6.07) is 8.87. The Kier molecular flexibility index (Phi) is 3.66. The maximum atomic E-state index is 12.1. The van der Waals surface area contributed by atoms with Crippen LogP contribution in [0, 0.1) is 6.92 Å². The fourth-order valence-corrected chi connectivity index (χ4v) is 1.75. The van der Waals surface area contributed by atoms with Gasteiger partial charge in [-0.15, -0.1) is 0 Å². The molecule has 0 radical (unpaired) electrons. The van der Waals surface area contributed by atoms with Gasteiger partial charge in [-0.3, -0.25) is 4.79 Å². The highest BCUT2D eigenvalue weighted by Crippen LogP contribution is 2.15. The number of furan rings is 1. The largest absolute Gasteiger partial charge is 0.479 e. The smallest absolute Gasteiger partial charge is 0.334 e. The molecule has 1 heterocycles. The van der Waals surface area contributed by atoms with Crippen LogP contribution in [0.25, 0.3) is 0 Å². The first kappa shape index (κ1) is 12.9. The zero-order valence-corrected chi connectivity index (χ0v) is 10.3. The highest BCUT2D eigenvalue weighted by molar-refractivity contribution is 5.97. The van der Waals surface area contributed by atoms with Crippen LogP contribution in [0.5, 0.6) is 0 Å². The molecule has 0 aliphatic rings. The lowest BCUT2D eigenvalue weighted by atomic mass is 10.1. The maximum Gasteiger partial charge on any atom is 0.334 e. The lowest BCUT2D eigenvalue weighted by molar-refractivity contribution is -0.139. The normalized spacial score (nSPS) is 11.8. The van der Waals surface area contributed by atoms with Gasteiger partial charge < -0.3 is 14.8 Å². The lowest BCUT2D eigenvalue weighted by Crippen LogP contribution is -2.33. The van der Waals surface area contributed by atoms with E-state index in [2.05, 4.69) is 5.32 Å². The summed E-state index contributed by atoms with van der Waals surface area (Å²) in [5.74, 6) is -1.42. The molecule has 2 aromatic rings. The number of hydrogen-bond acceptors (Lipinski definition) is 3. The van der Waals surface area contributed by atoms with Gasteiger partial charge >= 0.3 is 5.97 Å². The van der Waals surface area contributed by atoms with Gasteiger partial charge in [0.05, 0.1) is 6.26 Å². The Morgan fingerprint density at radius 1 is 1.21 bits per heavy atom. The molecule has 0 saturated carbocycles. The van der Waals surface area contributed by atoms with Crippen LogP contribution in [0.4, 0.5) is 0 Å². The minimum absolute atomic E-state index is 0.189. The fraction of sp³-hybridized carbons (Fsp3) is 0.143. The molecule has 1 unspecified atom stereocenters. The van der Waals surface area contributed by atoms with E-state index in [-0.39, 0.29) is 5.76 Å². The van der Waals surface area contributed by atoms with Gasteiger partial charge in [-0.25, -0.2) is 4.79 Å². The quantitative estimate of drug-likeness (QED) is 0.881. The Hall–Kier alpha value is -2.56. The van der Waals surface area contributed by atoms with Crippen LogP contribution in [0.2, 0.25) is 0 Å². The van der Waals surface area contributed by atoms with E-state index in [4.69, 9.17) is 9.52 Å². The molecule has 19 heavy (non-hydrogen) atoms. The summed E-state index contributed by atoms with van der Waals surface area (Å²) in [5.41, 5.74) is 1.23. The van der Waals surface area contributed by atoms with Crippen molar-refractivity contribution < 1.29 is 19.1 Å². The van der Waals surface area contributed by atoms with E-state index in [1.165, 1.54) is 12.3 Å². The van der Waals surface area contributed by atoms with E-state index in [0.29, 0.717) is 5.56 Å². The molecule has 0 spiro atoms. The molecular weight excluding hydrogens is 246 g/mol. The highest BCUT2D eigenvalue weighted by atomic mass is 16.4. The SMILES string of the molecule is Cc1ccccc1C(=O)NC(C(=O)O)c1ccco1. The summed E-state index contributed by atoms with van der Waals surface area (Å²) in [6.45, 7) is 1.79. The Labute approximate surface area is 109 Å². The van der Waals surface area contributed by atoms with Gasteiger partial charge in [0.1, 0.15) is 5.76 Å². The Balaban J connectivity index is 2.21. The third kappa shape index (κ3) is 2.82. The van der Waals surface area contributed by atoms with Gasteiger partial charge in [0, 0.05) is 5.56 Å². The number of carboxylic acid groups (broad SMARTS) is 1. The molecular formula is C14H13NO4. The van der Waals surface area contributed by atoms with Crippen LogP contribution in [-0.4, -0.2) is 17.0 Å². The summed E-state index contributed by atoms with van der Waals surface area (Å²) < 4.78 is 5.03. The number of amides is 1. The number of hydrogen-bond donors (Lipinski definition) is 2. The number of benzene rings is 1. The summed E-state index contributed by atoms with van der Waals surface area (Å²) in [6.07, 6.45) is 1.37. The third-order valence-electron chi connectivity index (χ3n) is 2.74. The topological polar surface area (TPSA) is 79.5 Å². The average Bonchev–Trinajstić information content (AvgIpc) is 2.89. The molecule has 98 valence electrons. The average molecular weight is 259 g/mol. The second-order valence-electron chi connectivity index (χ2n) is 4.08.